The fourth-order valence-corrected chi connectivity index (χ4v) is 1.65. The third-order valence-electron chi connectivity index (χ3n) is 2.90. The molecule has 1 heterocycles. The zero-order valence-electron chi connectivity index (χ0n) is 9.39. The van der Waals surface area contributed by atoms with E-state index in [1.54, 1.807) is 17.8 Å². The van der Waals surface area contributed by atoms with Crippen molar-refractivity contribution in [3.63, 3.8) is 0 Å². The SMILES string of the molecule is Cc1cc(F)c(-c2nnn(C3CC3)n2)cc1N. The second-order valence-electron chi connectivity index (χ2n) is 4.35. The summed E-state index contributed by atoms with van der Waals surface area (Å²) in [5.41, 5.74) is 7.30. The Bertz CT molecular complexity index is 573. The van der Waals surface area contributed by atoms with Gasteiger partial charge >= 0.3 is 0 Å². The Labute approximate surface area is 97.4 Å². The summed E-state index contributed by atoms with van der Waals surface area (Å²) in [6.07, 6.45) is 2.13. The van der Waals surface area contributed by atoms with E-state index in [1.165, 1.54) is 6.07 Å². The summed E-state index contributed by atoms with van der Waals surface area (Å²) >= 11 is 0. The predicted octanol–water partition coefficient (Wildman–Crippen LogP) is 1.70. The van der Waals surface area contributed by atoms with Gasteiger partial charge in [-0.25, -0.2) is 4.39 Å². The molecule has 6 heteroatoms. The standard InChI is InChI=1S/C11H12FN5/c1-6-4-9(12)8(5-10(6)13)11-14-16-17(15-11)7-2-3-7/h4-5,7H,2-3,13H2,1H3. The number of nitrogens with zero attached hydrogens (tertiary/aromatic N) is 4. The van der Waals surface area contributed by atoms with Gasteiger partial charge in [-0.15, -0.1) is 10.2 Å². The van der Waals surface area contributed by atoms with Crippen molar-refractivity contribution in [3.8, 4) is 11.4 Å². The summed E-state index contributed by atoms with van der Waals surface area (Å²) in [7, 11) is 0. The second kappa shape index (κ2) is 3.51. The van der Waals surface area contributed by atoms with Crippen molar-refractivity contribution in [1.29, 1.82) is 0 Å². The van der Waals surface area contributed by atoms with Crippen molar-refractivity contribution < 1.29 is 4.39 Å². The number of nitrogen functional groups attached to an aromatic ring is 1. The molecular formula is C11H12FN5. The Morgan fingerprint density at radius 2 is 2.18 bits per heavy atom. The average Bonchev–Trinajstić information content (AvgIpc) is 3.03. The molecule has 0 atom stereocenters. The van der Waals surface area contributed by atoms with Gasteiger partial charge in [0.15, 0.2) is 0 Å². The van der Waals surface area contributed by atoms with Gasteiger partial charge in [0.05, 0.1) is 11.6 Å². The van der Waals surface area contributed by atoms with Gasteiger partial charge in [0, 0.05) is 5.69 Å². The molecular weight excluding hydrogens is 221 g/mol. The van der Waals surface area contributed by atoms with Crippen LogP contribution in [0.1, 0.15) is 24.4 Å². The van der Waals surface area contributed by atoms with E-state index in [9.17, 15) is 4.39 Å². The molecule has 17 heavy (non-hydrogen) atoms. The van der Waals surface area contributed by atoms with Crippen LogP contribution in [0.4, 0.5) is 10.1 Å². The largest absolute Gasteiger partial charge is 0.398 e. The number of rotatable bonds is 2. The lowest BCUT2D eigenvalue weighted by Crippen LogP contribution is -1.99. The Kier molecular flexibility index (Phi) is 2.10. The number of aryl methyl sites for hydroxylation is 1. The Balaban J connectivity index is 2.04. The summed E-state index contributed by atoms with van der Waals surface area (Å²) in [6, 6.07) is 3.28. The van der Waals surface area contributed by atoms with Crippen molar-refractivity contribution in [3.05, 3.63) is 23.5 Å². The van der Waals surface area contributed by atoms with Crippen LogP contribution in [0.2, 0.25) is 0 Å². The third-order valence-corrected chi connectivity index (χ3v) is 2.90. The van der Waals surface area contributed by atoms with Crippen molar-refractivity contribution in [2.24, 2.45) is 0 Å². The number of halogens is 1. The lowest BCUT2D eigenvalue weighted by molar-refractivity contribution is 0.537. The lowest BCUT2D eigenvalue weighted by atomic mass is 10.1. The maximum Gasteiger partial charge on any atom is 0.207 e. The van der Waals surface area contributed by atoms with Crippen LogP contribution in [-0.4, -0.2) is 20.2 Å². The molecule has 0 spiro atoms. The fraction of sp³-hybridized carbons (Fsp3) is 0.364. The minimum absolute atomic E-state index is 0.293. The minimum Gasteiger partial charge on any atom is -0.398 e. The third kappa shape index (κ3) is 1.75. The van der Waals surface area contributed by atoms with Gasteiger partial charge < -0.3 is 5.73 Å². The first-order chi connectivity index (χ1) is 8.15. The first-order valence-electron chi connectivity index (χ1n) is 5.50. The maximum absolute atomic E-state index is 13.8. The number of tetrazole rings is 1. The highest BCUT2D eigenvalue weighted by Gasteiger charge is 2.27. The number of nitrogens with two attached hydrogens (primary N) is 1. The van der Waals surface area contributed by atoms with E-state index in [2.05, 4.69) is 15.4 Å². The number of aromatic nitrogens is 4. The van der Waals surface area contributed by atoms with E-state index in [1.807, 2.05) is 0 Å². The van der Waals surface area contributed by atoms with Gasteiger partial charge in [-0.3, -0.25) is 0 Å². The summed E-state index contributed by atoms with van der Waals surface area (Å²) in [5.74, 6) is -0.0758. The van der Waals surface area contributed by atoms with Crippen LogP contribution >= 0.6 is 0 Å². The van der Waals surface area contributed by atoms with Crippen molar-refractivity contribution in [2.45, 2.75) is 25.8 Å². The summed E-state index contributed by atoms with van der Waals surface area (Å²) in [6.45, 7) is 1.76. The van der Waals surface area contributed by atoms with Gasteiger partial charge in [0.1, 0.15) is 5.82 Å². The lowest BCUT2D eigenvalue weighted by Gasteiger charge is -2.03. The van der Waals surface area contributed by atoms with Crippen LogP contribution < -0.4 is 5.73 Å². The first-order valence-corrected chi connectivity index (χ1v) is 5.50. The van der Waals surface area contributed by atoms with Gasteiger partial charge in [-0.2, -0.15) is 4.80 Å². The molecule has 0 amide bonds. The van der Waals surface area contributed by atoms with Gasteiger partial charge in [-0.05, 0) is 42.7 Å². The fourth-order valence-electron chi connectivity index (χ4n) is 1.65. The number of anilines is 1. The molecule has 0 radical (unpaired) electrons. The van der Waals surface area contributed by atoms with Crippen LogP contribution in [0.5, 0.6) is 0 Å². The van der Waals surface area contributed by atoms with Crippen LogP contribution in [-0.2, 0) is 0 Å². The minimum atomic E-state index is -0.368. The van der Waals surface area contributed by atoms with Crippen molar-refractivity contribution >= 4 is 5.69 Å². The molecule has 5 nitrogen and oxygen atoms in total. The predicted molar refractivity (Wildman–Crippen MR) is 60.6 cm³/mol. The van der Waals surface area contributed by atoms with E-state index < -0.39 is 0 Å². The molecule has 2 N–H and O–H groups in total. The molecule has 2 aromatic rings. The normalized spacial score (nSPS) is 15.2. The van der Waals surface area contributed by atoms with E-state index in [4.69, 9.17) is 5.73 Å². The second-order valence-corrected chi connectivity index (χ2v) is 4.35. The van der Waals surface area contributed by atoms with E-state index >= 15 is 0 Å². The van der Waals surface area contributed by atoms with Crippen molar-refractivity contribution in [2.75, 3.05) is 5.73 Å². The number of benzene rings is 1. The molecule has 0 unspecified atom stereocenters. The highest BCUT2D eigenvalue weighted by atomic mass is 19.1. The van der Waals surface area contributed by atoms with Crippen LogP contribution in [0.15, 0.2) is 12.1 Å². The molecule has 1 saturated carbocycles. The Morgan fingerprint density at radius 1 is 1.41 bits per heavy atom. The maximum atomic E-state index is 13.8. The quantitative estimate of drug-likeness (QED) is 0.801. The summed E-state index contributed by atoms with van der Waals surface area (Å²) in [4.78, 5) is 1.55. The number of hydrogen-bond donors (Lipinski definition) is 1. The monoisotopic (exact) mass is 233 g/mol. The van der Waals surface area contributed by atoms with Gasteiger partial charge in [0.25, 0.3) is 0 Å². The smallest absolute Gasteiger partial charge is 0.207 e. The van der Waals surface area contributed by atoms with Crippen LogP contribution in [0.25, 0.3) is 11.4 Å². The van der Waals surface area contributed by atoms with E-state index in [0.29, 0.717) is 28.7 Å². The Morgan fingerprint density at radius 3 is 2.88 bits per heavy atom. The van der Waals surface area contributed by atoms with E-state index in [0.717, 1.165) is 12.8 Å². The molecule has 1 fully saturated rings. The van der Waals surface area contributed by atoms with E-state index in [-0.39, 0.29) is 5.82 Å². The average molecular weight is 233 g/mol. The van der Waals surface area contributed by atoms with Crippen LogP contribution in [0, 0.1) is 12.7 Å². The van der Waals surface area contributed by atoms with Gasteiger partial charge in [0.2, 0.25) is 5.82 Å². The summed E-state index contributed by atoms with van der Waals surface area (Å²) in [5, 5.41) is 12.0. The van der Waals surface area contributed by atoms with Gasteiger partial charge in [-0.1, -0.05) is 0 Å². The summed E-state index contributed by atoms with van der Waals surface area (Å²) < 4.78 is 13.8. The Hall–Kier alpha value is -1.98. The molecule has 1 aromatic heterocycles. The molecule has 1 aliphatic rings. The van der Waals surface area contributed by atoms with Crippen LogP contribution in [0.3, 0.4) is 0 Å². The highest BCUT2D eigenvalue weighted by molar-refractivity contribution is 5.63. The molecule has 0 bridgehead atoms. The highest BCUT2D eigenvalue weighted by Crippen LogP contribution is 2.33. The van der Waals surface area contributed by atoms with Crippen molar-refractivity contribution in [1.82, 2.24) is 20.2 Å². The molecule has 0 saturated heterocycles. The molecule has 0 aliphatic heterocycles. The molecule has 1 aliphatic carbocycles. The molecule has 3 rings (SSSR count). The number of hydrogen-bond acceptors (Lipinski definition) is 4. The first kappa shape index (κ1) is 10.2. The molecule has 1 aromatic carbocycles. The molecule has 88 valence electrons. The zero-order chi connectivity index (χ0) is 12.0. The zero-order valence-corrected chi connectivity index (χ0v) is 9.39. The topological polar surface area (TPSA) is 69.6 Å².